The summed E-state index contributed by atoms with van der Waals surface area (Å²) in [5.41, 5.74) is 1.17. The largest absolute Gasteiger partial charge is 0.492 e. The molecule has 1 aliphatic carbocycles. The summed E-state index contributed by atoms with van der Waals surface area (Å²) < 4.78 is 5.55. The maximum absolute atomic E-state index is 12.4. The Bertz CT molecular complexity index is 1050. The molecule has 152 valence electrons. The molecule has 0 unspecified atom stereocenters. The first-order chi connectivity index (χ1) is 14.2. The Balaban J connectivity index is 1.18. The number of thioether (sulfide) groups is 1. The fourth-order valence-corrected chi connectivity index (χ4v) is 5.50. The van der Waals surface area contributed by atoms with Gasteiger partial charge in [0.2, 0.25) is 5.91 Å². The van der Waals surface area contributed by atoms with Gasteiger partial charge < -0.3 is 15.0 Å². The quantitative estimate of drug-likeness (QED) is 0.510. The molecule has 2 aromatic heterocycles. The number of nitrogens with one attached hydrogen (secondary N) is 2. The average molecular weight is 430 g/mol. The van der Waals surface area contributed by atoms with Gasteiger partial charge in [-0.1, -0.05) is 18.2 Å². The normalized spacial score (nSPS) is 12.8. The molecule has 0 bridgehead atoms. The summed E-state index contributed by atoms with van der Waals surface area (Å²) in [5.74, 6) is 2.75. The van der Waals surface area contributed by atoms with Gasteiger partial charge in [-0.25, -0.2) is 4.98 Å². The molecule has 1 amide bonds. The molecule has 2 heterocycles. The van der Waals surface area contributed by atoms with Gasteiger partial charge in [-0.2, -0.15) is 11.8 Å². The van der Waals surface area contributed by atoms with E-state index in [2.05, 4.69) is 15.3 Å². The first-order valence-electron chi connectivity index (χ1n) is 9.76. The predicted octanol–water partition coefficient (Wildman–Crippen LogP) is 3.29. The minimum atomic E-state index is -0.0267. The predicted molar refractivity (Wildman–Crippen MR) is 118 cm³/mol. The lowest BCUT2D eigenvalue weighted by atomic mass is 10.2. The van der Waals surface area contributed by atoms with Crippen molar-refractivity contribution in [2.24, 2.45) is 0 Å². The van der Waals surface area contributed by atoms with Crippen molar-refractivity contribution in [1.82, 2.24) is 15.3 Å². The monoisotopic (exact) mass is 429 g/mol. The van der Waals surface area contributed by atoms with E-state index in [1.165, 1.54) is 10.4 Å². The molecule has 2 N–H and O–H groups in total. The number of benzene rings is 1. The number of nitrogens with zero attached hydrogens (tertiary/aromatic N) is 1. The van der Waals surface area contributed by atoms with Crippen LogP contribution in [0, 0.1) is 0 Å². The number of hydrogen-bond acceptors (Lipinski definition) is 6. The van der Waals surface area contributed by atoms with E-state index in [0.29, 0.717) is 36.9 Å². The van der Waals surface area contributed by atoms with Crippen LogP contribution >= 0.6 is 23.1 Å². The van der Waals surface area contributed by atoms with E-state index in [0.717, 1.165) is 35.2 Å². The van der Waals surface area contributed by atoms with E-state index in [9.17, 15) is 9.59 Å². The second-order valence-electron chi connectivity index (χ2n) is 6.86. The van der Waals surface area contributed by atoms with Gasteiger partial charge in [0.05, 0.1) is 17.7 Å². The van der Waals surface area contributed by atoms with Crippen LogP contribution in [0.25, 0.3) is 10.2 Å². The molecule has 29 heavy (non-hydrogen) atoms. The van der Waals surface area contributed by atoms with Crippen molar-refractivity contribution in [3.8, 4) is 5.75 Å². The number of H-pyrrole nitrogens is 1. The van der Waals surface area contributed by atoms with Crippen LogP contribution in [0.15, 0.2) is 35.1 Å². The molecule has 1 aliphatic rings. The number of thiophene rings is 1. The number of amides is 1. The SMILES string of the molecule is O=C(CCSCc1nc2sc3c(c2c(=O)[nH]1)CCC3)NCCOc1ccccc1. The lowest BCUT2D eigenvalue weighted by Crippen LogP contribution is -2.28. The summed E-state index contributed by atoms with van der Waals surface area (Å²) in [6.07, 6.45) is 3.61. The number of aromatic amines is 1. The third-order valence-corrected chi connectivity index (χ3v) is 6.93. The van der Waals surface area contributed by atoms with Crippen LogP contribution in [0.3, 0.4) is 0 Å². The summed E-state index contributed by atoms with van der Waals surface area (Å²) in [6.45, 7) is 0.922. The van der Waals surface area contributed by atoms with Gasteiger partial charge in [0.15, 0.2) is 0 Å². The molecule has 4 rings (SSSR count). The van der Waals surface area contributed by atoms with E-state index < -0.39 is 0 Å². The van der Waals surface area contributed by atoms with E-state index in [4.69, 9.17) is 4.74 Å². The highest BCUT2D eigenvalue weighted by atomic mass is 32.2. The summed E-state index contributed by atoms with van der Waals surface area (Å²) in [6, 6.07) is 9.53. The second-order valence-corrected chi connectivity index (χ2v) is 9.05. The van der Waals surface area contributed by atoms with Crippen LogP contribution in [0.4, 0.5) is 0 Å². The molecule has 8 heteroatoms. The third-order valence-electron chi connectivity index (χ3n) is 4.77. The van der Waals surface area contributed by atoms with Crippen LogP contribution in [0.2, 0.25) is 0 Å². The number of carbonyl (C=O) groups is 1. The van der Waals surface area contributed by atoms with Crippen LogP contribution in [0.5, 0.6) is 5.75 Å². The number of para-hydroxylation sites is 1. The molecule has 0 saturated heterocycles. The van der Waals surface area contributed by atoms with Crippen LogP contribution in [-0.4, -0.2) is 34.8 Å². The smallest absolute Gasteiger partial charge is 0.259 e. The first kappa shape index (κ1) is 20.0. The summed E-state index contributed by atoms with van der Waals surface area (Å²) >= 11 is 3.25. The van der Waals surface area contributed by atoms with Crippen LogP contribution in [-0.2, 0) is 23.4 Å². The topological polar surface area (TPSA) is 84.1 Å². The van der Waals surface area contributed by atoms with Gasteiger partial charge in [0, 0.05) is 17.1 Å². The van der Waals surface area contributed by atoms with Crippen LogP contribution < -0.4 is 15.6 Å². The molecule has 0 aliphatic heterocycles. The van der Waals surface area contributed by atoms with Gasteiger partial charge in [0.25, 0.3) is 5.56 Å². The number of ether oxygens (including phenoxy) is 1. The van der Waals surface area contributed by atoms with Gasteiger partial charge in [-0.05, 0) is 37.0 Å². The highest BCUT2D eigenvalue weighted by Crippen LogP contribution is 2.34. The highest BCUT2D eigenvalue weighted by molar-refractivity contribution is 7.98. The maximum atomic E-state index is 12.4. The molecule has 3 aromatic rings. The number of aryl methyl sites for hydroxylation is 2. The van der Waals surface area contributed by atoms with E-state index in [-0.39, 0.29) is 11.5 Å². The zero-order valence-corrected chi connectivity index (χ0v) is 17.7. The zero-order chi connectivity index (χ0) is 20.1. The van der Waals surface area contributed by atoms with Crippen molar-refractivity contribution >= 4 is 39.2 Å². The van der Waals surface area contributed by atoms with Crippen molar-refractivity contribution < 1.29 is 9.53 Å². The van der Waals surface area contributed by atoms with Crippen molar-refractivity contribution in [3.05, 3.63) is 57.0 Å². The lowest BCUT2D eigenvalue weighted by Gasteiger charge is -2.07. The van der Waals surface area contributed by atoms with Gasteiger partial charge in [-0.15, -0.1) is 11.3 Å². The van der Waals surface area contributed by atoms with E-state index in [1.807, 2.05) is 30.3 Å². The molecule has 0 fully saturated rings. The molecule has 1 aromatic carbocycles. The summed E-state index contributed by atoms with van der Waals surface area (Å²) in [5, 5.41) is 3.64. The van der Waals surface area contributed by atoms with Crippen molar-refractivity contribution in [1.29, 1.82) is 0 Å². The van der Waals surface area contributed by atoms with Crippen molar-refractivity contribution in [2.75, 3.05) is 18.9 Å². The summed E-state index contributed by atoms with van der Waals surface area (Å²) in [4.78, 5) is 34.1. The molecule has 0 saturated carbocycles. The van der Waals surface area contributed by atoms with Gasteiger partial charge in [-0.3, -0.25) is 9.59 Å². The number of carbonyl (C=O) groups excluding carboxylic acids is 1. The Hall–Kier alpha value is -2.32. The highest BCUT2D eigenvalue weighted by Gasteiger charge is 2.21. The first-order valence-corrected chi connectivity index (χ1v) is 11.7. The Morgan fingerprint density at radius 3 is 3.00 bits per heavy atom. The number of hydrogen-bond donors (Lipinski definition) is 2. The lowest BCUT2D eigenvalue weighted by molar-refractivity contribution is -0.120. The Morgan fingerprint density at radius 2 is 2.14 bits per heavy atom. The standard InChI is InChI=1S/C21H23N3O3S2/c25-18(22-10-11-27-14-5-2-1-3-6-14)9-12-28-13-17-23-20(26)19-15-7-4-8-16(15)29-21(19)24-17/h1-3,5-6H,4,7-13H2,(H,22,25)(H,23,24,26). The molecular weight excluding hydrogens is 406 g/mol. The van der Waals surface area contributed by atoms with Crippen LogP contribution in [0.1, 0.15) is 29.1 Å². The molecular formula is C21H23N3O3S2. The average Bonchev–Trinajstić information content (AvgIpc) is 3.30. The third kappa shape index (κ3) is 5.00. The molecule has 0 spiro atoms. The van der Waals surface area contributed by atoms with Crippen molar-refractivity contribution in [2.45, 2.75) is 31.4 Å². The molecule has 0 radical (unpaired) electrons. The fraction of sp³-hybridized carbons (Fsp3) is 0.381. The number of rotatable bonds is 9. The van der Waals surface area contributed by atoms with E-state index in [1.54, 1.807) is 23.1 Å². The number of fused-ring (bicyclic) bond motifs is 3. The Labute approximate surface area is 177 Å². The second kappa shape index (κ2) is 9.45. The summed E-state index contributed by atoms with van der Waals surface area (Å²) in [7, 11) is 0. The zero-order valence-electron chi connectivity index (χ0n) is 16.0. The Morgan fingerprint density at radius 1 is 1.28 bits per heavy atom. The van der Waals surface area contributed by atoms with Gasteiger partial charge in [0.1, 0.15) is 23.0 Å². The minimum Gasteiger partial charge on any atom is -0.492 e. The van der Waals surface area contributed by atoms with Gasteiger partial charge >= 0.3 is 0 Å². The van der Waals surface area contributed by atoms with E-state index >= 15 is 0 Å². The molecule has 6 nitrogen and oxygen atoms in total. The maximum Gasteiger partial charge on any atom is 0.259 e. The Kier molecular flexibility index (Phi) is 6.51. The number of aromatic nitrogens is 2. The van der Waals surface area contributed by atoms with Crippen molar-refractivity contribution in [3.63, 3.8) is 0 Å². The fourth-order valence-electron chi connectivity index (χ4n) is 3.41. The molecule has 0 atom stereocenters. The minimum absolute atomic E-state index is 0.000693.